The van der Waals surface area contributed by atoms with Crippen molar-refractivity contribution in [1.29, 1.82) is 0 Å². The molecule has 3 rings (SSSR count). The fourth-order valence-electron chi connectivity index (χ4n) is 4.41. The lowest BCUT2D eigenvalue weighted by Gasteiger charge is -2.35. The fraction of sp³-hybridized carbons (Fsp3) is 0.708. The Bertz CT molecular complexity index is 620. The van der Waals surface area contributed by atoms with Gasteiger partial charge in [0, 0.05) is 19.6 Å². The quantitative estimate of drug-likeness (QED) is 0.689. The van der Waals surface area contributed by atoms with E-state index in [9.17, 15) is 4.79 Å². The molecule has 2 fully saturated rings. The fourth-order valence-corrected chi connectivity index (χ4v) is 4.41. The molecular formula is C24H39N3O2. The van der Waals surface area contributed by atoms with Crippen LogP contribution in [0, 0.1) is 0 Å². The highest BCUT2D eigenvalue weighted by Gasteiger charge is 2.27. The number of piperidine rings is 1. The average Bonchev–Trinajstić information content (AvgIpc) is 3.27. The Morgan fingerprint density at radius 3 is 2.38 bits per heavy atom. The Labute approximate surface area is 176 Å². The second-order valence-electron chi connectivity index (χ2n) is 8.66. The number of likely N-dealkylation sites (tertiary alicyclic amines) is 2. The van der Waals surface area contributed by atoms with E-state index in [4.69, 9.17) is 4.74 Å². The molecule has 2 heterocycles. The number of carbonyl (C=O) groups is 1. The maximum atomic E-state index is 12.8. The number of rotatable bonds is 9. The van der Waals surface area contributed by atoms with Gasteiger partial charge in [-0.15, -0.1) is 0 Å². The standard InChI is InChI=1S/C24H39N3O2/c1-4-21-7-9-22(10-8-21)19(2)25-24(28)20(3)27-15-11-23(12-16-27)29-18-17-26-13-5-6-14-26/h7-10,19-20,23H,4-6,11-18H2,1-3H3,(H,25,28)/t19-,20-/m1/s1. The van der Waals surface area contributed by atoms with Crippen molar-refractivity contribution in [3.63, 3.8) is 0 Å². The van der Waals surface area contributed by atoms with E-state index in [2.05, 4.69) is 53.2 Å². The van der Waals surface area contributed by atoms with Gasteiger partial charge in [-0.1, -0.05) is 31.2 Å². The molecule has 2 saturated heterocycles. The van der Waals surface area contributed by atoms with Gasteiger partial charge in [0.2, 0.25) is 5.91 Å². The lowest BCUT2D eigenvalue weighted by atomic mass is 10.0. The second kappa shape index (κ2) is 11.1. The molecule has 0 spiro atoms. The molecule has 0 radical (unpaired) electrons. The highest BCUT2D eigenvalue weighted by molar-refractivity contribution is 5.81. The number of hydrogen-bond acceptors (Lipinski definition) is 4. The molecule has 1 amide bonds. The minimum atomic E-state index is -0.0992. The number of carbonyl (C=O) groups excluding carboxylic acids is 1. The lowest BCUT2D eigenvalue weighted by molar-refractivity contribution is -0.127. The van der Waals surface area contributed by atoms with Gasteiger partial charge in [-0.2, -0.15) is 0 Å². The molecule has 29 heavy (non-hydrogen) atoms. The van der Waals surface area contributed by atoms with E-state index in [1.165, 1.54) is 31.5 Å². The summed E-state index contributed by atoms with van der Waals surface area (Å²) in [6, 6.07) is 8.48. The van der Waals surface area contributed by atoms with Crippen molar-refractivity contribution < 1.29 is 9.53 Å². The zero-order chi connectivity index (χ0) is 20.6. The summed E-state index contributed by atoms with van der Waals surface area (Å²) < 4.78 is 6.11. The van der Waals surface area contributed by atoms with E-state index in [1.807, 2.05) is 6.92 Å². The average molecular weight is 402 g/mol. The molecule has 5 heteroatoms. The maximum absolute atomic E-state index is 12.8. The van der Waals surface area contributed by atoms with Gasteiger partial charge in [-0.25, -0.2) is 0 Å². The summed E-state index contributed by atoms with van der Waals surface area (Å²) in [6.45, 7) is 12.5. The maximum Gasteiger partial charge on any atom is 0.237 e. The molecule has 0 aliphatic carbocycles. The first-order valence-electron chi connectivity index (χ1n) is 11.5. The molecule has 1 N–H and O–H groups in total. The van der Waals surface area contributed by atoms with E-state index in [0.29, 0.717) is 6.10 Å². The minimum Gasteiger partial charge on any atom is -0.377 e. The van der Waals surface area contributed by atoms with Gasteiger partial charge >= 0.3 is 0 Å². The SMILES string of the molecule is CCc1ccc([C@@H](C)NC(=O)[C@@H](C)N2CCC(OCCN3CCCC3)CC2)cc1. The zero-order valence-corrected chi connectivity index (χ0v) is 18.5. The molecular weight excluding hydrogens is 362 g/mol. The van der Waals surface area contributed by atoms with Crippen LogP contribution in [0.3, 0.4) is 0 Å². The summed E-state index contributed by atoms with van der Waals surface area (Å²) in [7, 11) is 0. The van der Waals surface area contributed by atoms with Gasteiger partial charge in [-0.05, 0) is 70.2 Å². The van der Waals surface area contributed by atoms with Crippen LogP contribution < -0.4 is 5.32 Å². The van der Waals surface area contributed by atoms with Crippen LogP contribution >= 0.6 is 0 Å². The summed E-state index contributed by atoms with van der Waals surface area (Å²) in [5, 5.41) is 3.19. The van der Waals surface area contributed by atoms with Gasteiger partial charge in [0.05, 0.1) is 24.8 Å². The Balaban J connectivity index is 1.37. The molecule has 2 aliphatic heterocycles. The molecule has 1 aromatic carbocycles. The van der Waals surface area contributed by atoms with Gasteiger partial charge in [0.25, 0.3) is 0 Å². The third-order valence-electron chi connectivity index (χ3n) is 6.61. The predicted molar refractivity (Wildman–Crippen MR) is 118 cm³/mol. The molecule has 2 aliphatic rings. The zero-order valence-electron chi connectivity index (χ0n) is 18.5. The summed E-state index contributed by atoms with van der Waals surface area (Å²) >= 11 is 0. The Kier molecular flexibility index (Phi) is 8.52. The van der Waals surface area contributed by atoms with Gasteiger partial charge in [0.15, 0.2) is 0 Å². The van der Waals surface area contributed by atoms with Gasteiger partial charge in [0.1, 0.15) is 0 Å². The summed E-state index contributed by atoms with van der Waals surface area (Å²) in [4.78, 5) is 17.6. The number of nitrogens with one attached hydrogen (secondary N) is 1. The Morgan fingerprint density at radius 2 is 1.76 bits per heavy atom. The first-order valence-corrected chi connectivity index (χ1v) is 11.5. The molecule has 0 aromatic heterocycles. The molecule has 5 nitrogen and oxygen atoms in total. The van der Waals surface area contributed by atoms with Crippen LogP contribution in [-0.2, 0) is 16.0 Å². The largest absolute Gasteiger partial charge is 0.377 e. The van der Waals surface area contributed by atoms with Gasteiger partial charge < -0.3 is 15.0 Å². The van der Waals surface area contributed by atoms with Crippen LogP contribution in [0.2, 0.25) is 0 Å². The van der Waals surface area contributed by atoms with Gasteiger partial charge in [-0.3, -0.25) is 9.69 Å². The third-order valence-corrected chi connectivity index (χ3v) is 6.61. The molecule has 1 aromatic rings. The number of hydrogen-bond donors (Lipinski definition) is 1. The number of ether oxygens (including phenoxy) is 1. The lowest BCUT2D eigenvalue weighted by Crippen LogP contribution is -2.49. The third kappa shape index (κ3) is 6.53. The van der Waals surface area contributed by atoms with Crippen LogP contribution in [0.1, 0.15) is 63.6 Å². The Morgan fingerprint density at radius 1 is 1.10 bits per heavy atom. The number of nitrogens with zero attached hydrogens (tertiary/aromatic N) is 2. The van der Waals surface area contributed by atoms with E-state index in [0.717, 1.165) is 51.1 Å². The highest BCUT2D eigenvalue weighted by atomic mass is 16.5. The summed E-state index contributed by atoms with van der Waals surface area (Å²) in [6.07, 6.45) is 6.09. The number of amides is 1. The van der Waals surface area contributed by atoms with Crippen molar-refractivity contribution >= 4 is 5.91 Å². The van der Waals surface area contributed by atoms with Crippen molar-refractivity contribution in [1.82, 2.24) is 15.1 Å². The normalized spacial score (nSPS) is 21.2. The molecule has 0 unspecified atom stereocenters. The summed E-state index contributed by atoms with van der Waals surface area (Å²) in [5.74, 6) is 0.116. The van der Waals surface area contributed by atoms with E-state index in [-0.39, 0.29) is 18.0 Å². The number of benzene rings is 1. The molecule has 0 bridgehead atoms. The van der Waals surface area contributed by atoms with E-state index >= 15 is 0 Å². The van der Waals surface area contributed by atoms with E-state index < -0.39 is 0 Å². The van der Waals surface area contributed by atoms with Crippen LogP contribution in [-0.4, -0.2) is 67.2 Å². The number of aryl methyl sites for hydroxylation is 1. The van der Waals surface area contributed by atoms with Crippen molar-refractivity contribution in [2.45, 2.75) is 71.1 Å². The van der Waals surface area contributed by atoms with Crippen LogP contribution in [0.4, 0.5) is 0 Å². The topological polar surface area (TPSA) is 44.8 Å². The van der Waals surface area contributed by atoms with Crippen LogP contribution in [0.15, 0.2) is 24.3 Å². The summed E-state index contributed by atoms with van der Waals surface area (Å²) in [5.41, 5.74) is 2.49. The van der Waals surface area contributed by atoms with Crippen molar-refractivity contribution in [2.24, 2.45) is 0 Å². The van der Waals surface area contributed by atoms with Crippen molar-refractivity contribution in [2.75, 3.05) is 39.3 Å². The first-order chi connectivity index (χ1) is 14.1. The monoisotopic (exact) mass is 401 g/mol. The smallest absolute Gasteiger partial charge is 0.237 e. The molecule has 2 atom stereocenters. The van der Waals surface area contributed by atoms with Crippen LogP contribution in [0.25, 0.3) is 0 Å². The van der Waals surface area contributed by atoms with Crippen molar-refractivity contribution in [3.8, 4) is 0 Å². The van der Waals surface area contributed by atoms with Crippen LogP contribution in [0.5, 0.6) is 0 Å². The highest BCUT2D eigenvalue weighted by Crippen LogP contribution is 2.18. The predicted octanol–water partition coefficient (Wildman–Crippen LogP) is 3.39. The minimum absolute atomic E-state index is 0.0299. The molecule has 162 valence electrons. The second-order valence-corrected chi connectivity index (χ2v) is 8.66. The first kappa shape index (κ1) is 22.3. The Hall–Kier alpha value is -1.43. The molecule has 0 saturated carbocycles. The van der Waals surface area contributed by atoms with Crippen molar-refractivity contribution in [3.05, 3.63) is 35.4 Å². The van der Waals surface area contributed by atoms with E-state index in [1.54, 1.807) is 0 Å².